The Bertz CT molecular complexity index is 819. The Morgan fingerprint density at radius 3 is 3.00 bits per heavy atom. The second kappa shape index (κ2) is 7.60. The number of amides is 1. The summed E-state index contributed by atoms with van der Waals surface area (Å²) in [5, 5.41) is 8.04. The zero-order valence-corrected chi connectivity index (χ0v) is 16.1. The first kappa shape index (κ1) is 18.4. The Morgan fingerprint density at radius 2 is 2.26 bits per heavy atom. The number of benzene rings is 1. The summed E-state index contributed by atoms with van der Waals surface area (Å²) in [6.45, 7) is 2.17. The molecule has 3 atom stereocenters. The van der Waals surface area contributed by atoms with Crippen LogP contribution in [0.5, 0.6) is 0 Å². The highest BCUT2D eigenvalue weighted by molar-refractivity contribution is 6.31. The summed E-state index contributed by atoms with van der Waals surface area (Å²) in [4.78, 5) is 15.3. The van der Waals surface area contributed by atoms with Gasteiger partial charge in [0.15, 0.2) is 0 Å². The van der Waals surface area contributed by atoms with E-state index in [1.54, 1.807) is 16.8 Å². The van der Waals surface area contributed by atoms with E-state index in [9.17, 15) is 9.18 Å². The number of likely N-dealkylation sites (tertiary alicyclic amines) is 1. The van der Waals surface area contributed by atoms with Crippen molar-refractivity contribution in [2.45, 2.75) is 31.2 Å². The second-order valence-electron chi connectivity index (χ2n) is 7.55. The first-order chi connectivity index (χ1) is 13.0. The molecule has 2 aliphatic rings. The van der Waals surface area contributed by atoms with Gasteiger partial charge in [0.05, 0.1) is 12.1 Å². The Morgan fingerprint density at radius 1 is 1.41 bits per heavy atom. The molecule has 1 unspecified atom stereocenters. The van der Waals surface area contributed by atoms with Crippen LogP contribution in [0.1, 0.15) is 29.9 Å². The van der Waals surface area contributed by atoms with E-state index in [1.165, 1.54) is 6.07 Å². The molecule has 144 valence electrons. The number of hydrogen-bond donors (Lipinski definition) is 1. The molecular formula is C20H24ClFN4O. The Kier molecular flexibility index (Phi) is 5.19. The summed E-state index contributed by atoms with van der Waals surface area (Å²) < 4.78 is 16.0. The normalized spacial score (nSPS) is 25.3. The highest BCUT2D eigenvalue weighted by Crippen LogP contribution is 2.33. The van der Waals surface area contributed by atoms with Gasteiger partial charge in [-0.25, -0.2) is 4.39 Å². The summed E-state index contributed by atoms with van der Waals surface area (Å²) in [5.41, 5.74) is 1.60. The second-order valence-corrected chi connectivity index (χ2v) is 7.96. The lowest BCUT2D eigenvalue weighted by Crippen LogP contribution is -2.42. The molecule has 1 aromatic heterocycles. The Hall–Kier alpha value is -1.92. The lowest BCUT2D eigenvalue weighted by molar-refractivity contribution is -0.136. The van der Waals surface area contributed by atoms with Crippen molar-refractivity contribution in [3.63, 3.8) is 0 Å². The van der Waals surface area contributed by atoms with Gasteiger partial charge in [-0.15, -0.1) is 0 Å². The highest BCUT2D eigenvalue weighted by atomic mass is 35.5. The van der Waals surface area contributed by atoms with Crippen molar-refractivity contribution < 1.29 is 9.18 Å². The van der Waals surface area contributed by atoms with Gasteiger partial charge in [0.25, 0.3) is 0 Å². The number of carbonyl (C=O) groups excluding carboxylic acids is 1. The van der Waals surface area contributed by atoms with Crippen LogP contribution in [-0.4, -0.2) is 46.3 Å². The molecule has 1 amide bonds. The van der Waals surface area contributed by atoms with Crippen LogP contribution in [-0.2, 0) is 18.3 Å². The average molecular weight is 391 g/mol. The number of rotatable bonds is 4. The fraction of sp³-hybridized carbons (Fsp3) is 0.500. The zero-order chi connectivity index (χ0) is 19.0. The summed E-state index contributed by atoms with van der Waals surface area (Å²) in [5.74, 6) is -0.114. The summed E-state index contributed by atoms with van der Waals surface area (Å²) in [7, 11) is 1.89. The minimum absolute atomic E-state index is 0.00190. The number of halogens is 2. The van der Waals surface area contributed by atoms with Crippen molar-refractivity contribution in [3.05, 3.63) is 52.6 Å². The largest absolute Gasteiger partial charge is 0.339 e. The van der Waals surface area contributed by atoms with Crippen molar-refractivity contribution in [1.82, 2.24) is 20.0 Å². The van der Waals surface area contributed by atoms with Crippen molar-refractivity contribution in [2.75, 3.05) is 19.6 Å². The van der Waals surface area contributed by atoms with Gasteiger partial charge in [0.1, 0.15) is 5.82 Å². The number of aryl methyl sites for hydroxylation is 1. The van der Waals surface area contributed by atoms with Gasteiger partial charge in [0.2, 0.25) is 5.91 Å². The minimum atomic E-state index is -0.294. The molecule has 2 fully saturated rings. The van der Waals surface area contributed by atoms with Crippen molar-refractivity contribution in [2.24, 2.45) is 13.0 Å². The van der Waals surface area contributed by atoms with Crippen LogP contribution in [0.25, 0.3) is 0 Å². The van der Waals surface area contributed by atoms with Crippen LogP contribution in [0.15, 0.2) is 30.6 Å². The number of hydrogen-bond acceptors (Lipinski definition) is 3. The highest BCUT2D eigenvalue weighted by Gasteiger charge is 2.40. The fourth-order valence-electron chi connectivity index (χ4n) is 4.43. The van der Waals surface area contributed by atoms with Crippen LogP contribution in [0, 0.1) is 11.7 Å². The monoisotopic (exact) mass is 390 g/mol. The molecule has 0 spiro atoms. The molecular weight excluding hydrogens is 367 g/mol. The lowest BCUT2D eigenvalue weighted by atomic mass is 9.89. The van der Waals surface area contributed by atoms with Crippen molar-refractivity contribution in [1.29, 1.82) is 0 Å². The van der Waals surface area contributed by atoms with E-state index >= 15 is 0 Å². The van der Waals surface area contributed by atoms with Crippen LogP contribution >= 0.6 is 11.6 Å². The summed E-state index contributed by atoms with van der Waals surface area (Å²) >= 11 is 6.21. The molecule has 2 saturated heterocycles. The van der Waals surface area contributed by atoms with Gasteiger partial charge >= 0.3 is 0 Å². The van der Waals surface area contributed by atoms with Crippen molar-refractivity contribution >= 4 is 17.5 Å². The third kappa shape index (κ3) is 3.60. The maximum Gasteiger partial charge on any atom is 0.227 e. The van der Waals surface area contributed by atoms with Crippen LogP contribution in [0.3, 0.4) is 0 Å². The lowest BCUT2D eigenvalue weighted by Gasteiger charge is -2.29. The molecule has 3 heterocycles. The Labute approximate surface area is 163 Å². The maximum atomic E-state index is 14.2. The van der Waals surface area contributed by atoms with Crippen LogP contribution in [0.2, 0.25) is 5.02 Å². The number of nitrogens with one attached hydrogen (secondary N) is 1. The molecule has 1 aromatic carbocycles. The molecule has 0 radical (unpaired) electrons. The molecule has 5 nitrogen and oxygen atoms in total. The van der Waals surface area contributed by atoms with Gasteiger partial charge in [-0.1, -0.05) is 17.7 Å². The maximum absolute atomic E-state index is 14.2. The third-order valence-corrected chi connectivity index (χ3v) is 6.20. The topological polar surface area (TPSA) is 50.2 Å². The molecule has 27 heavy (non-hydrogen) atoms. The minimum Gasteiger partial charge on any atom is -0.339 e. The SMILES string of the molecule is Cn1cc([C@H]2CNC[C@@H]2C(=O)N2CCCC2Cc2c(F)cccc2Cl)cn1. The van der Waals surface area contributed by atoms with Crippen LogP contribution < -0.4 is 5.32 Å². The Balaban J connectivity index is 1.52. The average Bonchev–Trinajstić information content (AvgIpc) is 3.37. The third-order valence-electron chi connectivity index (χ3n) is 5.85. The molecule has 0 bridgehead atoms. The van der Waals surface area contributed by atoms with Gasteiger partial charge in [-0.3, -0.25) is 9.48 Å². The van der Waals surface area contributed by atoms with Crippen molar-refractivity contribution in [3.8, 4) is 0 Å². The summed E-state index contributed by atoms with van der Waals surface area (Å²) in [6, 6.07) is 4.76. The van der Waals surface area contributed by atoms with E-state index in [0.29, 0.717) is 23.6 Å². The molecule has 2 aliphatic heterocycles. The molecule has 2 aromatic rings. The first-order valence-corrected chi connectivity index (χ1v) is 9.85. The number of nitrogens with zero attached hydrogens (tertiary/aromatic N) is 3. The smallest absolute Gasteiger partial charge is 0.227 e. The van der Waals surface area contributed by atoms with Gasteiger partial charge in [0, 0.05) is 55.4 Å². The van der Waals surface area contributed by atoms with E-state index in [-0.39, 0.29) is 29.6 Å². The standard InChI is InChI=1S/C20H24ClFN4O/c1-25-12-13(9-24-25)16-10-23-11-17(16)20(27)26-7-3-4-14(26)8-15-18(21)5-2-6-19(15)22/h2,5-6,9,12,14,16-17,23H,3-4,7-8,10-11H2,1H3/t14?,16-,17+/m1/s1. The molecule has 0 saturated carbocycles. The van der Waals surface area contributed by atoms with E-state index in [4.69, 9.17) is 11.6 Å². The van der Waals surface area contributed by atoms with E-state index in [0.717, 1.165) is 31.5 Å². The fourth-order valence-corrected chi connectivity index (χ4v) is 4.67. The zero-order valence-electron chi connectivity index (χ0n) is 15.4. The van der Waals surface area contributed by atoms with Gasteiger partial charge in [-0.2, -0.15) is 5.10 Å². The quantitative estimate of drug-likeness (QED) is 0.873. The molecule has 1 N–H and O–H groups in total. The first-order valence-electron chi connectivity index (χ1n) is 9.47. The van der Waals surface area contributed by atoms with Crippen LogP contribution in [0.4, 0.5) is 4.39 Å². The van der Waals surface area contributed by atoms with E-state index in [1.807, 2.05) is 24.3 Å². The number of carbonyl (C=O) groups is 1. The van der Waals surface area contributed by atoms with E-state index in [2.05, 4.69) is 10.4 Å². The number of aromatic nitrogens is 2. The molecule has 4 rings (SSSR count). The molecule has 0 aliphatic carbocycles. The van der Waals surface area contributed by atoms with Gasteiger partial charge < -0.3 is 10.2 Å². The van der Waals surface area contributed by atoms with E-state index < -0.39 is 0 Å². The summed E-state index contributed by atoms with van der Waals surface area (Å²) in [6.07, 6.45) is 6.13. The molecule has 7 heteroatoms. The predicted molar refractivity (Wildman–Crippen MR) is 102 cm³/mol. The van der Waals surface area contributed by atoms with Gasteiger partial charge in [-0.05, 0) is 37.0 Å². The predicted octanol–water partition coefficient (Wildman–Crippen LogP) is 2.75.